The highest BCUT2D eigenvalue weighted by molar-refractivity contribution is 5.96. The van der Waals surface area contributed by atoms with Crippen LogP contribution in [0.1, 0.15) is 41.9 Å². The first-order valence-electron chi connectivity index (χ1n) is 8.65. The molecule has 0 bridgehead atoms. The highest BCUT2D eigenvalue weighted by Crippen LogP contribution is 2.38. The lowest BCUT2D eigenvalue weighted by molar-refractivity contribution is -0.139. The Morgan fingerprint density at radius 1 is 1.24 bits per heavy atom. The maximum atomic E-state index is 11.9. The smallest absolute Gasteiger partial charge is 0.311 e. The van der Waals surface area contributed by atoms with Gasteiger partial charge in [-0.05, 0) is 60.1 Å². The van der Waals surface area contributed by atoms with E-state index in [1.165, 1.54) is 0 Å². The molecule has 1 amide bonds. The van der Waals surface area contributed by atoms with E-state index in [2.05, 4.69) is 11.1 Å². The van der Waals surface area contributed by atoms with Crippen molar-refractivity contribution >= 4 is 17.6 Å². The van der Waals surface area contributed by atoms with Crippen LogP contribution >= 0.6 is 0 Å². The zero-order valence-electron chi connectivity index (χ0n) is 14.2. The standard InChI is InChI=1S/C20H20N2O3/c1-22-18-7-5-12(9-13(18)6-8-19(22)23)16-10-21-11-17-14(16)3-2-4-15(17)20(24)25/h5,7,9-11,15H,2-4,6,8H2,1H3,(H,24,25). The molecule has 1 aliphatic heterocycles. The predicted molar refractivity (Wildman–Crippen MR) is 94.7 cm³/mol. The summed E-state index contributed by atoms with van der Waals surface area (Å²) in [5.41, 5.74) is 6.14. The Labute approximate surface area is 146 Å². The van der Waals surface area contributed by atoms with Gasteiger partial charge in [0.2, 0.25) is 5.91 Å². The molecule has 2 heterocycles. The summed E-state index contributed by atoms with van der Waals surface area (Å²) >= 11 is 0. The second-order valence-corrected chi connectivity index (χ2v) is 6.83. The molecule has 4 rings (SSSR count). The predicted octanol–water partition coefficient (Wildman–Crippen LogP) is 3.16. The van der Waals surface area contributed by atoms with Crippen LogP contribution in [-0.2, 0) is 22.4 Å². The van der Waals surface area contributed by atoms with Crippen molar-refractivity contribution < 1.29 is 14.7 Å². The third-order valence-corrected chi connectivity index (χ3v) is 5.42. The first-order chi connectivity index (χ1) is 12.1. The molecule has 128 valence electrons. The first-order valence-corrected chi connectivity index (χ1v) is 8.65. The zero-order valence-corrected chi connectivity index (χ0v) is 14.2. The van der Waals surface area contributed by atoms with Crippen molar-refractivity contribution in [1.29, 1.82) is 0 Å². The molecule has 2 aromatic rings. The van der Waals surface area contributed by atoms with Gasteiger partial charge in [-0.25, -0.2) is 0 Å². The van der Waals surface area contributed by atoms with Gasteiger partial charge in [-0.15, -0.1) is 0 Å². The van der Waals surface area contributed by atoms with E-state index in [4.69, 9.17) is 0 Å². The van der Waals surface area contributed by atoms with Crippen LogP contribution in [0.2, 0.25) is 0 Å². The van der Waals surface area contributed by atoms with Gasteiger partial charge in [0.25, 0.3) is 0 Å². The average Bonchev–Trinajstić information content (AvgIpc) is 2.63. The van der Waals surface area contributed by atoms with Crippen molar-refractivity contribution in [3.05, 3.63) is 47.3 Å². The van der Waals surface area contributed by atoms with Gasteiger partial charge in [-0.2, -0.15) is 0 Å². The maximum absolute atomic E-state index is 11.9. The number of benzene rings is 1. The van der Waals surface area contributed by atoms with Gasteiger partial charge < -0.3 is 10.0 Å². The van der Waals surface area contributed by atoms with Crippen molar-refractivity contribution in [2.24, 2.45) is 0 Å². The van der Waals surface area contributed by atoms with Crippen LogP contribution in [0.25, 0.3) is 11.1 Å². The molecule has 0 saturated heterocycles. The van der Waals surface area contributed by atoms with Gasteiger partial charge in [-0.3, -0.25) is 14.6 Å². The summed E-state index contributed by atoms with van der Waals surface area (Å²) in [6.07, 6.45) is 7.25. The number of aliphatic carboxylic acids is 1. The molecular formula is C20H20N2O3. The second kappa shape index (κ2) is 5.99. The largest absolute Gasteiger partial charge is 0.481 e. The van der Waals surface area contributed by atoms with Gasteiger partial charge in [-0.1, -0.05) is 6.07 Å². The van der Waals surface area contributed by atoms with E-state index < -0.39 is 11.9 Å². The summed E-state index contributed by atoms with van der Waals surface area (Å²) in [5, 5.41) is 9.49. The number of amides is 1. The summed E-state index contributed by atoms with van der Waals surface area (Å²) in [6.45, 7) is 0. The summed E-state index contributed by atoms with van der Waals surface area (Å²) in [6, 6.07) is 6.12. The number of anilines is 1. The summed E-state index contributed by atoms with van der Waals surface area (Å²) < 4.78 is 0. The van der Waals surface area contributed by atoms with Crippen LogP contribution < -0.4 is 4.90 Å². The molecule has 1 N–H and O–H groups in total. The van der Waals surface area contributed by atoms with Crippen molar-refractivity contribution in [1.82, 2.24) is 4.98 Å². The average molecular weight is 336 g/mol. The number of fused-ring (bicyclic) bond motifs is 2. The second-order valence-electron chi connectivity index (χ2n) is 6.83. The van der Waals surface area contributed by atoms with Gasteiger partial charge in [0, 0.05) is 37.1 Å². The Hall–Kier alpha value is -2.69. The zero-order chi connectivity index (χ0) is 17.6. The lowest BCUT2D eigenvalue weighted by Gasteiger charge is -2.27. The molecule has 0 spiro atoms. The van der Waals surface area contributed by atoms with Gasteiger partial charge >= 0.3 is 5.97 Å². The summed E-state index contributed by atoms with van der Waals surface area (Å²) in [4.78, 5) is 29.4. The fourth-order valence-corrected chi connectivity index (χ4v) is 4.05. The number of carbonyl (C=O) groups excluding carboxylic acids is 1. The van der Waals surface area contributed by atoms with Crippen LogP contribution in [0.3, 0.4) is 0 Å². The molecule has 1 aliphatic carbocycles. The Balaban J connectivity index is 1.80. The van der Waals surface area contributed by atoms with E-state index in [0.717, 1.165) is 52.8 Å². The van der Waals surface area contributed by atoms with E-state index in [-0.39, 0.29) is 5.91 Å². The third kappa shape index (κ3) is 2.60. The minimum absolute atomic E-state index is 0.142. The van der Waals surface area contributed by atoms with Crippen molar-refractivity contribution in [3.63, 3.8) is 0 Å². The number of pyridine rings is 1. The lowest BCUT2D eigenvalue weighted by atomic mass is 9.80. The highest BCUT2D eigenvalue weighted by atomic mass is 16.4. The van der Waals surface area contributed by atoms with E-state index >= 15 is 0 Å². The molecule has 0 saturated carbocycles. The number of carboxylic acid groups (broad SMARTS) is 1. The quantitative estimate of drug-likeness (QED) is 0.914. The fraction of sp³-hybridized carbons (Fsp3) is 0.350. The molecule has 5 heteroatoms. The number of aromatic nitrogens is 1. The van der Waals surface area contributed by atoms with Crippen LogP contribution in [0, 0.1) is 0 Å². The molecule has 5 nitrogen and oxygen atoms in total. The molecule has 25 heavy (non-hydrogen) atoms. The van der Waals surface area contributed by atoms with E-state index in [0.29, 0.717) is 12.8 Å². The number of hydrogen-bond acceptors (Lipinski definition) is 3. The molecular weight excluding hydrogens is 316 g/mol. The molecule has 1 aromatic carbocycles. The molecule has 2 aliphatic rings. The van der Waals surface area contributed by atoms with Crippen LogP contribution in [0.5, 0.6) is 0 Å². The fourth-order valence-electron chi connectivity index (χ4n) is 4.05. The SMILES string of the molecule is CN1C(=O)CCc2cc(-c3cncc4c3CCCC4C(=O)O)ccc21. The third-order valence-electron chi connectivity index (χ3n) is 5.42. The van der Waals surface area contributed by atoms with E-state index in [1.807, 2.05) is 25.4 Å². The minimum atomic E-state index is -0.773. The minimum Gasteiger partial charge on any atom is -0.481 e. The number of nitrogens with zero attached hydrogens (tertiary/aromatic N) is 2. The lowest BCUT2D eigenvalue weighted by Crippen LogP contribution is -2.31. The number of rotatable bonds is 2. The normalized spacial score (nSPS) is 19.3. The monoisotopic (exact) mass is 336 g/mol. The summed E-state index contributed by atoms with van der Waals surface area (Å²) in [5.74, 6) is -1.09. The Morgan fingerprint density at radius 3 is 2.88 bits per heavy atom. The summed E-state index contributed by atoms with van der Waals surface area (Å²) in [7, 11) is 1.81. The highest BCUT2D eigenvalue weighted by Gasteiger charge is 2.28. The molecule has 0 fully saturated rings. The van der Waals surface area contributed by atoms with Gasteiger partial charge in [0.05, 0.1) is 5.92 Å². The first kappa shape index (κ1) is 15.8. The van der Waals surface area contributed by atoms with Crippen LogP contribution in [0.15, 0.2) is 30.6 Å². The number of aryl methyl sites for hydroxylation is 1. The van der Waals surface area contributed by atoms with E-state index in [9.17, 15) is 14.7 Å². The number of carboxylic acids is 1. The molecule has 1 aromatic heterocycles. The molecule has 1 unspecified atom stereocenters. The van der Waals surface area contributed by atoms with Crippen molar-refractivity contribution in [2.45, 2.75) is 38.0 Å². The van der Waals surface area contributed by atoms with E-state index in [1.54, 1.807) is 11.1 Å². The Kier molecular flexibility index (Phi) is 3.79. The topological polar surface area (TPSA) is 70.5 Å². The van der Waals surface area contributed by atoms with Crippen molar-refractivity contribution in [3.8, 4) is 11.1 Å². The Morgan fingerprint density at radius 2 is 2.08 bits per heavy atom. The molecule has 1 atom stereocenters. The van der Waals surface area contributed by atoms with Crippen molar-refractivity contribution in [2.75, 3.05) is 11.9 Å². The van der Waals surface area contributed by atoms with Crippen LogP contribution in [0.4, 0.5) is 5.69 Å². The number of hydrogen-bond donors (Lipinski definition) is 1. The number of carbonyl (C=O) groups is 2. The Bertz CT molecular complexity index is 875. The molecule has 0 radical (unpaired) electrons. The van der Waals surface area contributed by atoms with Gasteiger partial charge in [0.1, 0.15) is 0 Å². The van der Waals surface area contributed by atoms with Gasteiger partial charge in [0.15, 0.2) is 0 Å². The maximum Gasteiger partial charge on any atom is 0.311 e. The van der Waals surface area contributed by atoms with Crippen LogP contribution in [-0.4, -0.2) is 29.0 Å².